The lowest BCUT2D eigenvalue weighted by atomic mass is 10.1. The zero-order valence-corrected chi connectivity index (χ0v) is 16.0. The highest BCUT2D eigenvalue weighted by Crippen LogP contribution is 2.17. The maximum atomic E-state index is 11.9. The van der Waals surface area contributed by atoms with Crippen molar-refractivity contribution in [2.75, 3.05) is 45.9 Å². The molecule has 0 atom stereocenters. The number of carbonyl (C=O) groups is 1. The Bertz CT molecular complexity index is 643. The second kappa shape index (κ2) is 10.3. The van der Waals surface area contributed by atoms with Gasteiger partial charge >= 0.3 is 0 Å². The van der Waals surface area contributed by atoms with Crippen LogP contribution in [0, 0.1) is 0 Å². The van der Waals surface area contributed by atoms with Gasteiger partial charge in [-0.15, -0.1) is 0 Å². The van der Waals surface area contributed by atoms with Crippen LogP contribution in [0.25, 0.3) is 0 Å². The number of likely N-dealkylation sites (tertiary alicyclic amines) is 1. The number of nitrogens with one attached hydrogen (secondary N) is 1. The van der Waals surface area contributed by atoms with Gasteiger partial charge in [0.2, 0.25) is 5.91 Å². The first-order valence-corrected chi connectivity index (χ1v) is 9.91. The minimum atomic E-state index is 0.245. The summed E-state index contributed by atoms with van der Waals surface area (Å²) in [4.78, 5) is 20.7. The SMILES string of the molecule is NC(=NCc1ccccc1CN1CCCC1=O)NCCCN1CCOCC1. The number of rotatable bonds is 8. The van der Waals surface area contributed by atoms with E-state index in [9.17, 15) is 4.79 Å². The Hall–Kier alpha value is -2.12. The molecule has 2 aliphatic heterocycles. The number of aliphatic imine (C=N–C) groups is 1. The van der Waals surface area contributed by atoms with Crippen LogP contribution in [0.1, 0.15) is 30.4 Å². The Kier molecular flexibility index (Phi) is 7.47. The number of guanidine groups is 1. The van der Waals surface area contributed by atoms with Gasteiger partial charge in [-0.1, -0.05) is 24.3 Å². The van der Waals surface area contributed by atoms with Crippen LogP contribution in [0.5, 0.6) is 0 Å². The molecule has 7 nitrogen and oxygen atoms in total. The van der Waals surface area contributed by atoms with Gasteiger partial charge in [0.15, 0.2) is 5.96 Å². The Morgan fingerprint density at radius 2 is 1.96 bits per heavy atom. The molecule has 1 amide bonds. The normalized spacial score (nSPS) is 18.9. The van der Waals surface area contributed by atoms with Crippen molar-refractivity contribution in [1.82, 2.24) is 15.1 Å². The molecular formula is C20H31N5O2. The van der Waals surface area contributed by atoms with Crippen LogP contribution in [-0.4, -0.2) is 67.6 Å². The van der Waals surface area contributed by atoms with E-state index in [2.05, 4.69) is 27.3 Å². The molecule has 2 heterocycles. The van der Waals surface area contributed by atoms with Gasteiger partial charge < -0.3 is 20.7 Å². The van der Waals surface area contributed by atoms with E-state index in [-0.39, 0.29) is 5.91 Å². The van der Waals surface area contributed by atoms with E-state index in [1.54, 1.807) is 0 Å². The lowest BCUT2D eigenvalue weighted by Crippen LogP contribution is -2.39. The van der Waals surface area contributed by atoms with Crippen molar-refractivity contribution in [3.63, 3.8) is 0 Å². The Balaban J connectivity index is 1.43. The molecular weight excluding hydrogens is 342 g/mol. The first-order chi connectivity index (χ1) is 13.2. The van der Waals surface area contributed by atoms with Gasteiger partial charge in [-0.25, -0.2) is 4.99 Å². The van der Waals surface area contributed by atoms with Gasteiger partial charge in [-0.05, 0) is 30.5 Å². The van der Waals surface area contributed by atoms with Crippen molar-refractivity contribution in [2.45, 2.75) is 32.4 Å². The van der Waals surface area contributed by atoms with Crippen LogP contribution in [-0.2, 0) is 22.6 Å². The molecule has 148 valence electrons. The van der Waals surface area contributed by atoms with Crippen LogP contribution in [0.4, 0.5) is 0 Å². The third-order valence-corrected chi connectivity index (χ3v) is 5.13. The first kappa shape index (κ1) is 19.6. The summed E-state index contributed by atoms with van der Waals surface area (Å²) in [5.41, 5.74) is 8.29. The minimum Gasteiger partial charge on any atom is -0.379 e. The van der Waals surface area contributed by atoms with Crippen molar-refractivity contribution >= 4 is 11.9 Å². The number of hydrogen-bond donors (Lipinski definition) is 2. The highest BCUT2D eigenvalue weighted by atomic mass is 16.5. The summed E-state index contributed by atoms with van der Waals surface area (Å²) >= 11 is 0. The summed E-state index contributed by atoms with van der Waals surface area (Å²) in [5.74, 6) is 0.721. The largest absolute Gasteiger partial charge is 0.379 e. The molecule has 0 saturated carbocycles. The van der Waals surface area contributed by atoms with E-state index in [1.165, 1.54) is 0 Å². The van der Waals surface area contributed by atoms with Crippen LogP contribution in [0.2, 0.25) is 0 Å². The molecule has 3 N–H and O–H groups in total. The highest BCUT2D eigenvalue weighted by Gasteiger charge is 2.20. The van der Waals surface area contributed by atoms with Gasteiger partial charge in [-0.2, -0.15) is 0 Å². The lowest BCUT2D eigenvalue weighted by Gasteiger charge is -2.26. The standard InChI is InChI=1S/C20H31N5O2/c21-20(22-8-4-9-24-11-13-27-14-12-24)23-15-17-5-1-2-6-18(17)16-25-10-3-7-19(25)26/h1-2,5-6H,3-4,7-16H2,(H3,21,22,23). The highest BCUT2D eigenvalue weighted by molar-refractivity contribution is 5.78. The third kappa shape index (κ3) is 6.22. The van der Waals surface area contributed by atoms with Crippen LogP contribution < -0.4 is 11.1 Å². The van der Waals surface area contributed by atoms with Crippen molar-refractivity contribution in [3.8, 4) is 0 Å². The molecule has 7 heteroatoms. The predicted molar refractivity (Wildman–Crippen MR) is 106 cm³/mol. The Morgan fingerprint density at radius 1 is 1.19 bits per heavy atom. The molecule has 0 unspecified atom stereocenters. The lowest BCUT2D eigenvalue weighted by molar-refractivity contribution is -0.128. The summed E-state index contributed by atoms with van der Waals surface area (Å²) in [6.45, 7) is 7.60. The quantitative estimate of drug-likeness (QED) is 0.402. The molecule has 2 saturated heterocycles. The van der Waals surface area contributed by atoms with E-state index in [4.69, 9.17) is 10.5 Å². The fourth-order valence-electron chi connectivity index (χ4n) is 3.51. The van der Waals surface area contributed by atoms with E-state index >= 15 is 0 Å². The smallest absolute Gasteiger partial charge is 0.222 e. The number of ether oxygens (including phenoxy) is 1. The molecule has 0 bridgehead atoms. The molecule has 2 fully saturated rings. The van der Waals surface area contributed by atoms with E-state index in [0.29, 0.717) is 25.5 Å². The van der Waals surface area contributed by atoms with Crippen LogP contribution in [0.15, 0.2) is 29.3 Å². The molecule has 0 spiro atoms. The maximum absolute atomic E-state index is 11.9. The number of nitrogens with zero attached hydrogens (tertiary/aromatic N) is 3. The van der Waals surface area contributed by atoms with E-state index in [0.717, 1.165) is 69.9 Å². The fourth-order valence-corrected chi connectivity index (χ4v) is 3.51. The zero-order chi connectivity index (χ0) is 18.9. The van der Waals surface area contributed by atoms with Gasteiger partial charge in [0.1, 0.15) is 0 Å². The topological polar surface area (TPSA) is 83.2 Å². The van der Waals surface area contributed by atoms with Crippen molar-refractivity contribution < 1.29 is 9.53 Å². The molecule has 27 heavy (non-hydrogen) atoms. The molecule has 1 aromatic carbocycles. The number of hydrogen-bond acceptors (Lipinski definition) is 4. The third-order valence-electron chi connectivity index (χ3n) is 5.13. The van der Waals surface area contributed by atoms with E-state index < -0.39 is 0 Å². The van der Waals surface area contributed by atoms with Crippen molar-refractivity contribution in [3.05, 3.63) is 35.4 Å². The summed E-state index contributed by atoms with van der Waals surface area (Å²) in [7, 11) is 0. The summed E-state index contributed by atoms with van der Waals surface area (Å²) < 4.78 is 5.36. The predicted octanol–water partition coefficient (Wildman–Crippen LogP) is 0.936. The number of carbonyl (C=O) groups excluding carboxylic acids is 1. The zero-order valence-electron chi connectivity index (χ0n) is 16.0. The molecule has 0 aromatic heterocycles. The first-order valence-electron chi connectivity index (χ1n) is 9.91. The van der Waals surface area contributed by atoms with Gasteiger partial charge in [0.25, 0.3) is 0 Å². The number of morpholine rings is 1. The van der Waals surface area contributed by atoms with Gasteiger partial charge in [-0.3, -0.25) is 9.69 Å². The van der Waals surface area contributed by atoms with Crippen LogP contribution in [0.3, 0.4) is 0 Å². The second-order valence-corrected chi connectivity index (χ2v) is 7.12. The minimum absolute atomic E-state index is 0.245. The average molecular weight is 374 g/mol. The maximum Gasteiger partial charge on any atom is 0.222 e. The number of nitrogens with two attached hydrogens (primary N) is 1. The monoisotopic (exact) mass is 373 g/mol. The molecule has 3 rings (SSSR count). The Morgan fingerprint density at radius 3 is 2.70 bits per heavy atom. The number of amides is 1. The van der Waals surface area contributed by atoms with Gasteiger partial charge in [0.05, 0.1) is 19.8 Å². The molecule has 2 aliphatic rings. The van der Waals surface area contributed by atoms with Crippen molar-refractivity contribution in [2.24, 2.45) is 10.7 Å². The van der Waals surface area contributed by atoms with Gasteiger partial charge in [0, 0.05) is 39.1 Å². The second-order valence-electron chi connectivity index (χ2n) is 7.12. The molecule has 1 aromatic rings. The summed E-state index contributed by atoms with van der Waals surface area (Å²) in [6, 6.07) is 8.15. The summed E-state index contributed by atoms with van der Waals surface area (Å²) in [6.07, 6.45) is 2.66. The molecule has 0 radical (unpaired) electrons. The molecule has 0 aliphatic carbocycles. The van der Waals surface area contributed by atoms with E-state index in [1.807, 2.05) is 17.0 Å². The summed E-state index contributed by atoms with van der Waals surface area (Å²) in [5, 5.41) is 3.20. The fraction of sp³-hybridized carbons (Fsp3) is 0.600. The number of benzene rings is 1. The van der Waals surface area contributed by atoms with Crippen molar-refractivity contribution in [1.29, 1.82) is 0 Å². The van der Waals surface area contributed by atoms with Crippen LogP contribution >= 0.6 is 0 Å². The Labute approximate surface area is 161 Å². The average Bonchev–Trinajstić information content (AvgIpc) is 3.10.